The first-order valence-corrected chi connectivity index (χ1v) is 5.71. The fourth-order valence-electron chi connectivity index (χ4n) is 1.57. The first-order chi connectivity index (χ1) is 8.44. The van der Waals surface area contributed by atoms with Crippen molar-refractivity contribution >= 4 is 5.91 Å². The van der Waals surface area contributed by atoms with Crippen molar-refractivity contribution in [2.24, 2.45) is 0 Å². The van der Waals surface area contributed by atoms with Gasteiger partial charge in [-0.1, -0.05) is 0 Å². The predicted octanol–water partition coefficient (Wildman–Crippen LogP) is 0.772. The zero-order chi connectivity index (χ0) is 13.6. The summed E-state index contributed by atoms with van der Waals surface area (Å²) >= 11 is 0. The zero-order valence-electron chi connectivity index (χ0n) is 9.73. The molecule has 8 heteroatoms. The van der Waals surface area contributed by atoms with E-state index in [1.807, 2.05) is 0 Å². The minimum absolute atomic E-state index is 0.0266. The lowest BCUT2D eigenvalue weighted by Crippen LogP contribution is -2.46. The highest BCUT2D eigenvalue weighted by Gasteiger charge is 2.48. The van der Waals surface area contributed by atoms with Crippen LogP contribution in [0.1, 0.15) is 12.8 Å². The summed E-state index contributed by atoms with van der Waals surface area (Å²) in [6.45, 7) is 1.47. The van der Waals surface area contributed by atoms with Crippen molar-refractivity contribution in [2.45, 2.75) is 31.3 Å². The van der Waals surface area contributed by atoms with Crippen molar-refractivity contribution in [3.8, 4) is 0 Å². The molecule has 0 spiro atoms. The maximum atomic E-state index is 12.5. The number of halogens is 4. The molecule has 4 nitrogen and oxygen atoms in total. The summed E-state index contributed by atoms with van der Waals surface area (Å²) < 4.78 is 54.0. The lowest BCUT2D eigenvalue weighted by molar-refractivity contribution is -0.169. The largest absolute Gasteiger partial charge is 0.383 e. The average Bonchev–Trinajstić information content (AvgIpc) is 2.35. The smallest absolute Gasteiger partial charge is 0.376 e. The standard InChI is InChI=1S/C10H16F4N2O2/c11-8(12)10(13,14)9(17)16-5-6-18-7-1-3-15-4-2-7/h7-8,15H,1-6H2,(H,16,17). The molecule has 1 rings (SSSR count). The van der Waals surface area contributed by atoms with Gasteiger partial charge in [0.15, 0.2) is 0 Å². The third-order valence-corrected chi connectivity index (χ3v) is 2.60. The Morgan fingerprint density at radius 1 is 1.39 bits per heavy atom. The van der Waals surface area contributed by atoms with E-state index in [1.165, 1.54) is 0 Å². The topological polar surface area (TPSA) is 50.4 Å². The van der Waals surface area contributed by atoms with E-state index >= 15 is 0 Å². The quantitative estimate of drug-likeness (QED) is 0.555. The van der Waals surface area contributed by atoms with Crippen molar-refractivity contribution in [3.63, 3.8) is 0 Å². The molecule has 1 saturated heterocycles. The van der Waals surface area contributed by atoms with Crippen LogP contribution in [0.25, 0.3) is 0 Å². The molecule has 106 valence electrons. The highest BCUT2D eigenvalue weighted by atomic mass is 19.3. The van der Waals surface area contributed by atoms with Gasteiger partial charge in [-0.05, 0) is 25.9 Å². The van der Waals surface area contributed by atoms with E-state index in [4.69, 9.17) is 4.74 Å². The number of carbonyl (C=O) groups excluding carboxylic acids is 1. The molecule has 18 heavy (non-hydrogen) atoms. The molecule has 0 unspecified atom stereocenters. The van der Waals surface area contributed by atoms with Crippen molar-refractivity contribution < 1.29 is 27.1 Å². The predicted molar refractivity (Wildman–Crippen MR) is 55.8 cm³/mol. The lowest BCUT2D eigenvalue weighted by Gasteiger charge is -2.23. The number of hydrogen-bond donors (Lipinski definition) is 2. The van der Waals surface area contributed by atoms with Crippen molar-refractivity contribution in [1.29, 1.82) is 0 Å². The van der Waals surface area contributed by atoms with Crippen LogP contribution in [0.4, 0.5) is 17.6 Å². The molecule has 1 fully saturated rings. The van der Waals surface area contributed by atoms with Crippen LogP contribution >= 0.6 is 0 Å². The third kappa shape index (κ3) is 4.41. The van der Waals surface area contributed by atoms with Gasteiger partial charge in [0.05, 0.1) is 12.7 Å². The summed E-state index contributed by atoms with van der Waals surface area (Å²) in [6, 6.07) is 0. The van der Waals surface area contributed by atoms with E-state index in [1.54, 1.807) is 5.32 Å². The van der Waals surface area contributed by atoms with Crippen LogP contribution in [0.15, 0.2) is 0 Å². The van der Waals surface area contributed by atoms with Gasteiger partial charge in [0, 0.05) is 6.54 Å². The minimum atomic E-state index is -4.64. The molecule has 0 radical (unpaired) electrons. The molecule has 1 amide bonds. The Hall–Kier alpha value is -0.890. The lowest BCUT2D eigenvalue weighted by atomic mass is 10.1. The second-order valence-corrected chi connectivity index (χ2v) is 4.00. The van der Waals surface area contributed by atoms with Crippen molar-refractivity contribution in [3.05, 3.63) is 0 Å². The van der Waals surface area contributed by atoms with Crippen LogP contribution in [-0.4, -0.2) is 50.6 Å². The molecule has 0 bridgehead atoms. The zero-order valence-corrected chi connectivity index (χ0v) is 9.73. The van der Waals surface area contributed by atoms with Crippen LogP contribution in [0.3, 0.4) is 0 Å². The number of piperidine rings is 1. The normalized spacial score (nSPS) is 18.1. The van der Waals surface area contributed by atoms with Gasteiger partial charge in [0.2, 0.25) is 0 Å². The molecule has 1 aliphatic heterocycles. The fourth-order valence-corrected chi connectivity index (χ4v) is 1.57. The maximum Gasteiger partial charge on any atom is 0.383 e. The fraction of sp³-hybridized carbons (Fsp3) is 0.900. The van der Waals surface area contributed by atoms with Crippen LogP contribution in [-0.2, 0) is 9.53 Å². The third-order valence-electron chi connectivity index (χ3n) is 2.60. The van der Waals surface area contributed by atoms with Gasteiger partial charge < -0.3 is 15.4 Å². The number of carbonyl (C=O) groups is 1. The van der Waals surface area contributed by atoms with Gasteiger partial charge in [-0.15, -0.1) is 0 Å². The number of nitrogens with one attached hydrogen (secondary N) is 2. The highest BCUT2D eigenvalue weighted by Crippen LogP contribution is 2.22. The minimum Gasteiger partial charge on any atom is -0.376 e. The molecular formula is C10H16F4N2O2. The monoisotopic (exact) mass is 272 g/mol. The Morgan fingerprint density at radius 2 is 2.00 bits per heavy atom. The van der Waals surface area contributed by atoms with Crippen LogP contribution < -0.4 is 10.6 Å². The molecule has 0 atom stereocenters. The van der Waals surface area contributed by atoms with E-state index < -0.39 is 18.3 Å². The van der Waals surface area contributed by atoms with Crippen LogP contribution in [0, 0.1) is 0 Å². The summed E-state index contributed by atoms with van der Waals surface area (Å²) in [5.74, 6) is -6.61. The Balaban J connectivity index is 2.15. The van der Waals surface area contributed by atoms with Crippen molar-refractivity contribution in [1.82, 2.24) is 10.6 Å². The summed E-state index contributed by atoms with van der Waals surface area (Å²) in [5.41, 5.74) is 0. The molecule has 0 aliphatic carbocycles. The molecule has 1 heterocycles. The SMILES string of the molecule is O=C(NCCOC1CCNCC1)C(F)(F)C(F)F. The summed E-state index contributed by atoms with van der Waals surface area (Å²) in [5, 5.41) is 4.86. The number of alkyl halides is 4. The number of rotatable bonds is 6. The molecule has 0 aromatic heterocycles. The van der Waals surface area contributed by atoms with Gasteiger partial charge >= 0.3 is 12.3 Å². The molecule has 0 saturated carbocycles. The average molecular weight is 272 g/mol. The van der Waals surface area contributed by atoms with Crippen molar-refractivity contribution in [2.75, 3.05) is 26.2 Å². The van der Waals surface area contributed by atoms with Gasteiger partial charge in [-0.3, -0.25) is 4.79 Å². The Kier molecular flexibility index (Phi) is 5.80. The molecule has 0 aromatic rings. The van der Waals surface area contributed by atoms with Gasteiger partial charge in [0.1, 0.15) is 0 Å². The molecule has 2 N–H and O–H groups in total. The number of amides is 1. The Bertz CT molecular complexity index is 271. The number of ether oxygens (including phenoxy) is 1. The van der Waals surface area contributed by atoms with E-state index in [2.05, 4.69) is 5.32 Å². The molecular weight excluding hydrogens is 256 g/mol. The molecule has 1 aliphatic rings. The summed E-state index contributed by atoms with van der Waals surface area (Å²) in [6.07, 6.45) is -2.36. The summed E-state index contributed by atoms with van der Waals surface area (Å²) in [4.78, 5) is 10.8. The van der Waals surface area contributed by atoms with E-state index in [9.17, 15) is 22.4 Å². The Morgan fingerprint density at radius 3 is 2.56 bits per heavy atom. The van der Waals surface area contributed by atoms with Crippen LogP contribution in [0.2, 0.25) is 0 Å². The van der Waals surface area contributed by atoms with E-state index in [0.717, 1.165) is 25.9 Å². The first-order valence-electron chi connectivity index (χ1n) is 5.71. The first kappa shape index (κ1) is 15.2. The maximum absolute atomic E-state index is 12.5. The second-order valence-electron chi connectivity index (χ2n) is 4.00. The van der Waals surface area contributed by atoms with Gasteiger partial charge in [-0.25, -0.2) is 8.78 Å². The van der Waals surface area contributed by atoms with E-state index in [-0.39, 0.29) is 19.3 Å². The number of hydrogen-bond acceptors (Lipinski definition) is 3. The summed E-state index contributed by atoms with van der Waals surface area (Å²) in [7, 11) is 0. The Labute approximate surface area is 102 Å². The molecule has 0 aromatic carbocycles. The highest BCUT2D eigenvalue weighted by molar-refractivity contribution is 5.83. The van der Waals surface area contributed by atoms with Crippen LogP contribution in [0.5, 0.6) is 0 Å². The van der Waals surface area contributed by atoms with E-state index in [0.29, 0.717) is 0 Å². The van der Waals surface area contributed by atoms with Gasteiger partial charge in [0.25, 0.3) is 5.91 Å². The van der Waals surface area contributed by atoms with Gasteiger partial charge in [-0.2, -0.15) is 8.78 Å². The second kappa shape index (κ2) is 6.89.